The van der Waals surface area contributed by atoms with Crippen molar-refractivity contribution in [2.45, 2.75) is 76.6 Å². The van der Waals surface area contributed by atoms with Gasteiger partial charge in [-0.1, -0.05) is 12.8 Å². The summed E-state index contributed by atoms with van der Waals surface area (Å²) in [5.41, 5.74) is 0.902. The molecule has 1 unspecified atom stereocenters. The lowest BCUT2D eigenvalue weighted by molar-refractivity contribution is -0.178. The highest BCUT2D eigenvalue weighted by atomic mass is 16.7. The molecule has 1 heterocycles. The van der Waals surface area contributed by atoms with Gasteiger partial charge in [-0.3, -0.25) is 9.59 Å². The van der Waals surface area contributed by atoms with Gasteiger partial charge in [-0.25, -0.2) is 0 Å². The lowest BCUT2D eigenvalue weighted by Gasteiger charge is -2.24. The Morgan fingerprint density at radius 2 is 2.09 bits per heavy atom. The predicted molar refractivity (Wildman–Crippen MR) is 85.9 cm³/mol. The van der Waals surface area contributed by atoms with Crippen molar-refractivity contribution >= 4 is 11.8 Å². The lowest BCUT2D eigenvalue weighted by atomic mass is 10.0. The van der Waals surface area contributed by atoms with Crippen LogP contribution >= 0.6 is 0 Å². The molecule has 1 aliphatic heterocycles. The van der Waals surface area contributed by atoms with Crippen LogP contribution in [0.1, 0.15) is 64.2 Å². The van der Waals surface area contributed by atoms with Gasteiger partial charge in [0.25, 0.3) is 0 Å². The number of esters is 1. The molecule has 1 saturated heterocycles. The van der Waals surface area contributed by atoms with Crippen LogP contribution in [0.25, 0.3) is 0 Å². The van der Waals surface area contributed by atoms with E-state index in [-0.39, 0.29) is 24.1 Å². The molecule has 1 aliphatic carbocycles. The van der Waals surface area contributed by atoms with Crippen molar-refractivity contribution in [3.63, 3.8) is 0 Å². The van der Waals surface area contributed by atoms with Crippen LogP contribution in [0.4, 0.5) is 0 Å². The number of hydrogen-bond acceptors (Lipinski definition) is 5. The van der Waals surface area contributed by atoms with Crippen LogP contribution < -0.4 is 0 Å². The van der Waals surface area contributed by atoms with Gasteiger partial charge in [0.1, 0.15) is 0 Å². The van der Waals surface area contributed by atoms with E-state index in [0.29, 0.717) is 12.8 Å². The molecule has 130 valence electrons. The minimum atomic E-state index is -0.149. The van der Waals surface area contributed by atoms with Crippen molar-refractivity contribution in [2.75, 3.05) is 13.7 Å². The van der Waals surface area contributed by atoms with Crippen LogP contribution in [0.2, 0.25) is 0 Å². The molecule has 0 aromatic rings. The summed E-state index contributed by atoms with van der Waals surface area (Å²) in [5, 5.41) is 0. The number of methoxy groups -OCH3 is 1. The lowest BCUT2D eigenvalue weighted by Crippen LogP contribution is -2.26. The Morgan fingerprint density at radius 1 is 1.26 bits per heavy atom. The Labute approximate surface area is 138 Å². The minimum absolute atomic E-state index is 0.111. The van der Waals surface area contributed by atoms with E-state index < -0.39 is 0 Å². The maximum atomic E-state index is 12.0. The normalized spacial score (nSPS) is 24.6. The highest BCUT2D eigenvalue weighted by molar-refractivity contribution is 5.98. The van der Waals surface area contributed by atoms with Gasteiger partial charge in [-0.15, -0.1) is 0 Å². The Bertz CT molecular complexity index is 423. The third kappa shape index (κ3) is 6.43. The number of hydrogen-bond donors (Lipinski definition) is 0. The van der Waals surface area contributed by atoms with Crippen molar-refractivity contribution in [3.05, 3.63) is 11.6 Å². The highest BCUT2D eigenvalue weighted by Crippen LogP contribution is 2.25. The number of rotatable bonds is 9. The van der Waals surface area contributed by atoms with Crippen molar-refractivity contribution in [1.82, 2.24) is 0 Å². The molecule has 0 aromatic carbocycles. The van der Waals surface area contributed by atoms with Gasteiger partial charge < -0.3 is 14.2 Å². The van der Waals surface area contributed by atoms with Crippen LogP contribution in [0.5, 0.6) is 0 Å². The van der Waals surface area contributed by atoms with Gasteiger partial charge in [-0.2, -0.15) is 0 Å². The first-order chi connectivity index (χ1) is 11.2. The van der Waals surface area contributed by atoms with Crippen molar-refractivity contribution < 1.29 is 23.8 Å². The highest BCUT2D eigenvalue weighted by Gasteiger charge is 2.27. The maximum absolute atomic E-state index is 12.0. The molecule has 2 atom stereocenters. The Balaban J connectivity index is 1.61. The fraction of sp³-hybridized carbons (Fsp3) is 0.778. The smallest absolute Gasteiger partial charge is 0.305 e. The second kappa shape index (κ2) is 9.83. The molecule has 0 amide bonds. The summed E-state index contributed by atoms with van der Waals surface area (Å²) in [6, 6.07) is 0. The summed E-state index contributed by atoms with van der Waals surface area (Å²) >= 11 is 0. The molecule has 0 N–H and O–H groups in total. The van der Waals surface area contributed by atoms with Gasteiger partial charge >= 0.3 is 5.97 Å². The summed E-state index contributed by atoms with van der Waals surface area (Å²) in [6.45, 7) is 0.757. The molecule has 0 saturated carbocycles. The average molecular weight is 324 g/mol. The number of ether oxygens (including phenoxy) is 3. The SMILES string of the molecule is COC(=O)CCCCCCC1=C[C@H](OC2CCCCO2)CC1=O. The van der Waals surface area contributed by atoms with Crippen LogP contribution in [-0.4, -0.2) is 37.9 Å². The molecule has 23 heavy (non-hydrogen) atoms. The van der Waals surface area contributed by atoms with E-state index in [1.54, 1.807) is 0 Å². The van der Waals surface area contributed by atoms with E-state index in [0.717, 1.165) is 63.5 Å². The van der Waals surface area contributed by atoms with E-state index in [1.807, 2.05) is 6.08 Å². The van der Waals surface area contributed by atoms with Crippen LogP contribution in [-0.2, 0) is 23.8 Å². The quantitative estimate of drug-likeness (QED) is 0.481. The molecule has 5 nitrogen and oxygen atoms in total. The zero-order valence-corrected chi connectivity index (χ0v) is 14.1. The molecular formula is C18H28O5. The third-order valence-corrected chi connectivity index (χ3v) is 4.40. The molecular weight excluding hydrogens is 296 g/mol. The first-order valence-corrected chi connectivity index (χ1v) is 8.77. The first-order valence-electron chi connectivity index (χ1n) is 8.77. The summed E-state index contributed by atoms with van der Waals surface area (Å²) in [7, 11) is 1.41. The molecule has 0 radical (unpaired) electrons. The fourth-order valence-electron chi connectivity index (χ4n) is 3.05. The molecule has 0 spiro atoms. The number of carbonyl (C=O) groups is 2. The average Bonchev–Trinajstić information content (AvgIpc) is 2.91. The van der Waals surface area contributed by atoms with Crippen LogP contribution in [0, 0.1) is 0 Å². The number of allylic oxidation sites excluding steroid dienone is 1. The zero-order valence-electron chi connectivity index (χ0n) is 14.1. The number of ketones is 1. The predicted octanol–water partition coefficient (Wildman–Crippen LogP) is 3.31. The van der Waals surface area contributed by atoms with Crippen molar-refractivity contribution in [3.8, 4) is 0 Å². The van der Waals surface area contributed by atoms with E-state index in [1.165, 1.54) is 7.11 Å². The summed E-state index contributed by atoms with van der Waals surface area (Å²) in [5.74, 6) is 0.0592. The van der Waals surface area contributed by atoms with Gasteiger partial charge in [0.2, 0.25) is 0 Å². The molecule has 0 aromatic heterocycles. The summed E-state index contributed by atoms with van der Waals surface area (Å²) in [4.78, 5) is 23.0. The molecule has 5 heteroatoms. The zero-order chi connectivity index (χ0) is 16.5. The molecule has 1 fully saturated rings. The Morgan fingerprint density at radius 3 is 2.83 bits per heavy atom. The second-order valence-corrected chi connectivity index (χ2v) is 6.28. The third-order valence-electron chi connectivity index (χ3n) is 4.40. The van der Waals surface area contributed by atoms with Crippen molar-refractivity contribution in [1.29, 1.82) is 0 Å². The summed E-state index contributed by atoms with van der Waals surface area (Å²) in [6.07, 6.45) is 10.5. The molecule has 2 rings (SSSR count). The van der Waals surface area contributed by atoms with Gasteiger partial charge in [0.15, 0.2) is 12.1 Å². The second-order valence-electron chi connectivity index (χ2n) is 6.28. The number of carbonyl (C=O) groups excluding carboxylic acids is 2. The van der Waals surface area contributed by atoms with E-state index in [4.69, 9.17) is 9.47 Å². The van der Waals surface area contributed by atoms with Crippen LogP contribution in [0.15, 0.2) is 11.6 Å². The minimum Gasteiger partial charge on any atom is -0.469 e. The Hall–Kier alpha value is -1.20. The van der Waals surface area contributed by atoms with Gasteiger partial charge in [0, 0.05) is 19.4 Å². The Kier molecular flexibility index (Phi) is 7.76. The topological polar surface area (TPSA) is 61.8 Å². The van der Waals surface area contributed by atoms with Crippen molar-refractivity contribution in [2.24, 2.45) is 0 Å². The van der Waals surface area contributed by atoms with Gasteiger partial charge in [0.05, 0.1) is 13.2 Å². The van der Waals surface area contributed by atoms with Gasteiger partial charge in [-0.05, 0) is 50.2 Å². The monoisotopic (exact) mass is 324 g/mol. The summed E-state index contributed by atoms with van der Waals surface area (Å²) < 4.78 is 16.0. The first kappa shape index (κ1) is 18.1. The maximum Gasteiger partial charge on any atom is 0.305 e. The van der Waals surface area contributed by atoms with E-state index in [9.17, 15) is 9.59 Å². The standard InChI is InChI=1S/C18H28O5/c1-21-17(20)9-5-3-2-4-8-14-12-15(13-16(14)19)23-18-10-6-7-11-22-18/h12,15,18H,2-11,13H2,1H3/t15-,18?/m0/s1. The van der Waals surface area contributed by atoms with Crippen LogP contribution in [0.3, 0.4) is 0 Å². The van der Waals surface area contributed by atoms with E-state index >= 15 is 0 Å². The molecule has 2 aliphatic rings. The fourth-order valence-corrected chi connectivity index (χ4v) is 3.05. The number of Topliss-reactive ketones (excluding diaryl/α,β-unsaturated/α-hetero) is 1. The largest absolute Gasteiger partial charge is 0.469 e. The van der Waals surface area contributed by atoms with E-state index in [2.05, 4.69) is 4.74 Å². The number of unbranched alkanes of at least 4 members (excludes halogenated alkanes) is 3. The molecule has 0 bridgehead atoms.